The van der Waals surface area contributed by atoms with E-state index >= 15 is 0 Å². The van der Waals surface area contributed by atoms with Crippen molar-refractivity contribution in [2.24, 2.45) is 0 Å². The number of anilines is 1. The van der Waals surface area contributed by atoms with Gasteiger partial charge in [0, 0.05) is 25.2 Å². The Bertz CT molecular complexity index is 802. The zero-order chi connectivity index (χ0) is 15.5. The minimum atomic E-state index is -0.346. The molecule has 3 nitrogen and oxygen atoms in total. The number of rotatable bonds is 3. The van der Waals surface area contributed by atoms with Crippen LogP contribution in [-0.2, 0) is 0 Å². The Morgan fingerprint density at radius 2 is 1.55 bits per heavy atom. The molecule has 0 unspecified atom stereocenters. The van der Waals surface area contributed by atoms with Gasteiger partial charge in [0.05, 0.1) is 5.56 Å². The lowest BCUT2D eigenvalue weighted by molar-refractivity contribution is 0.0737. The van der Waals surface area contributed by atoms with Gasteiger partial charge in [0.25, 0.3) is 0 Å². The summed E-state index contributed by atoms with van der Waals surface area (Å²) < 4.78 is 5.56. The van der Waals surface area contributed by atoms with Crippen LogP contribution in [-0.4, -0.2) is 20.1 Å². The monoisotopic (exact) mass is 291 g/mol. The summed E-state index contributed by atoms with van der Waals surface area (Å²) in [5.74, 6) is 0.237. The van der Waals surface area contributed by atoms with Gasteiger partial charge < -0.3 is 9.64 Å². The number of carbonyl (C=O) groups excluding carboxylic acids is 1. The van der Waals surface area contributed by atoms with E-state index in [1.165, 1.54) is 0 Å². The standard InChI is InChI=1S/C19H17NO2/c1-20(2)16-12-10-15(11-13-16)19(21)22-18-9-5-7-14-6-3-4-8-17(14)18/h3-13H,1-2H3. The van der Waals surface area contributed by atoms with Crippen molar-refractivity contribution < 1.29 is 9.53 Å². The molecule has 0 radical (unpaired) electrons. The van der Waals surface area contributed by atoms with Crippen molar-refractivity contribution >= 4 is 22.4 Å². The van der Waals surface area contributed by atoms with Crippen molar-refractivity contribution in [3.8, 4) is 5.75 Å². The van der Waals surface area contributed by atoms with Gasteiger partial charge in [-0.05, 0) is 35.7 Å². The molecule has 3 rings (SSSR count). The quantitative estimate of drug-likeness (QED) is 0.537. The first kappa shape index (κ1) is 14.1. The van der Waals surface area contributed by atoms with Crippen LogP contribution in [0, 0.1) is 0 Å². The molecule has 3 aromatic rings. The highest BCUT2D eigenvalue weighted by molar-refractivity contribution is 5.95. The molecule has 0 aromatic heterocycles. The van der Waals surface area contributed by atoms with Crippen LogP contribution < -0.4 is 9.64 Å². The molecule has 110 valence electrons. The lowest BCUT2D eigenvalue weighted by Crippen LogP contribution is -2.11. The van der Waals surface area contributed by atoms with Crippen LogP contribution in [0.2, 0.25) is 0 Å². The molecule has 0 bridgehead atoms. The van der Waals surface area contributed by atoms with Gasteiger partial charge in [-0.2, -0.15) is 0 Å². The first-order chi connectivity index (χ1) is 10.6. The smallest absolute Gasteiger partial charge is 0.343 e. The van der Waals surface area contributed by atoms with Gasteiger partial charge in [0.15, 0.2) is 0 Å². The second-order valence-electron chi connectivity index (χ2n) is 5.31. The zero-order valence-corrected chi connectivity index (χ0v) is 12.6. The van der Waals surface area contributed by atoms with E-state index in [0.717, 1.165) is 16.5 Å². The zero-order valence-electron chi connectivity index (χ0n) is 12.6. The predicted octanol–water partition coefficient (Wildman–Crippen LogP) is 4.13. The summed E-state index contributed by atoms with van der Waals surface area (Å²) in [7, 11) is 3.92. The van der Waals surface area contributed by atoms with Gasteiger partial charge in [-0.1, -0.05) is 36.4 Å². The highest BCUT2D eigenvalue weighted by Gasteiger charge is 2.10. The molecule has 0 atom stereocenters. The average molecular weight is 291 g/mol. The maximum absolute atomic E-state index is 12.3. The van der Waals surface area contributed by atoms with E-state index in [0.29, 0.717) is 11.3 Å². The lowest BCUT2D eigenvalue weighted by atomic mass is 10.1. The molecule has 0 amide bonds. The van der Waals surface area contributed by atoms with Gasteiger partial charge in [-0.15, -0.1) is 0 Å². The van der Waals surface area contributed by atoms with Crippen molar-refractivity contribution in [2.45, 2.75) is 0 Å². The van der Waals surface area contributed by atoms with Gasteiger partial charge in [-0.25, -0.2) is 4.79 Å². The number of ether oxygens (including phenoxy) is 1. The Balaban J connectivity index is 1.87. The third-order valence-corrected chi connectivity index (χ3v) is 3.57. The number of fused-ring (bicyclic) bond motifs is 1. The number of benzene rings is 3. The van der Waals surface area contributed by atoms with Crippen LogP contribution in [0.5, 0.6) is 5.75 Å². The van der Waals surface area contributed by atoms with E-state index < -0.39 is 0 Å². The van der Waals surface area contributed by atoms with Crippen molar-refractivity contribution in [1.82, 2.24) is 0 Å². The van der Waals surface area contributed by atoms with E-state index in [2.05, 4.69) is 0 Å². The van der Waals surface area contributed by atoms with E-state index in [1.54, 1.807) is 12.1 Å². The summed E-state index contributed by atoms with van der Waals surface area (Å²) in [6, 6.07) is 20.9. The minimum absolute atomic E-state index is 0.346. The van der Waals surface area contributed by atoms with Crippen LogP contribution >= 0.6 is 0 Å². The highest BCUT2D eigenvalue weighted by atomic mass is 16.5. The van der Waals surface area contributed by atoms with Crippen molar-refractivity contribution in [1.29, 1.82) is 0 Å². The third-order valence-electron chi connectivity index (χ3n) is 3.57. The molecule has 0 heterocycles. The Labute approximate surface area is 129 Å². The SMILES string of the molecule is CN(C)c1ccc(C(=O)Oc2cccc3ccccc23)cc1. The number of hydrogen-bond donors (Lipinski definition) is 0. The summed E-state index contributed by atoms with van der Waals surface area (Å²) >= 11 is 0. The Hall–Kier alpha value is -2.81. The van der Waals surface area contributed by atoms with Crippen LogP contribution in [0.3, 0.4) is 0 Å². The van der Waals surface area contributed by atoms with Gasteiger partial charge in [0.1, 0.15) is 5.75 Å². The molecular formula is C19H17NO2. The summed E-state index contributed by atoms with van der Waals surface area (Å²) in [4.78, 5) is 14.3. The Morgan fingerprint density at radius 3 is 2.27 bits per heavy atom. The lowest BCUT2D eigenvalue weighted by Gasteiger charge is -2.12. The molecule has 0 N–H and O–H groups in total. The topological polar surface area (TPSA) is 29.5 Å². The molecule has 3 aromatic carbocycles. The highest BCUT2D eigenvalue weighted by Crippen LogP contribution is 2.26. The number of esters is 1. The predicted molar refractivity (Wildman–Crippen MR) is 89.7 cm³/mol. The van der Waals surface area contributed by atoms with E-state index in [4.69, 9.17) is 4.74 Å². The molecular weight excluding hydrogens is 274 g/mol. The number of carbonyl (C=O) groups is 1. The molecule has 0 aliphatic rings. The minimum Gasteiger partial charge on any atom is -0.422 e. The normalized spacial score (nSPS) is 10.5. The Morgan fingerprint density at radius 1 is 0.864 bits per heavy atom. The number of nitrogens with zero attached hydrogens (tertiary/aromatic N) is 1. The largest absolute Gasteiger partial charge is 0.422 e. The number of hydrogen-bond acceptors (Lipinski definition) is 3. The van der Waals surface area contributed by atoms with E-state index in [9.17, 15) is 4.79 Å². The molecule has 22 heavy (non-hydrogen) atoms. The van der Waals surface area contributed by atoms with Crippen molar-refractivity contribution in [3.05, 3.63) is 72.3 Å². The second-order valence-corrected chi connectivity index (χ2v) is 5.31. The first-order valence-electron chi connectivity index (χ1n) is 7.12. The first-order valence-corrected chi connectivity index (χ1v) is 7.12. The molecule has 0 aliphatic heterocycles. The maximum atomic E-state index is 12.3. The molecule has 0 saturated heterocycles. The third kappa shape index (κ3) is 2.79. The van der Waals surface area contributed by atoms with Gasteiger partial charge >= 0.3 is 5.97 Å². The van der Waals surface area contributed by atoms with Crippen LogP contribution in [0.1, 0.15) is 10.4 Å². The second kappa shape index (κ2) is 5.90. The fraction of sp³-hybridized carbons (Fsp3) is 0.105. The molecule has 3 heteroatoms. The fourth-order valence-electron chi connectivity index (χ4n) is 2.34. The Kier molecular flexibility index (Phi) is 3.79. The van der Waals surface area contributed by atoms with E-state index in [-0.39, 0.29) is 5.97 Å². The molecule has 0 saturated carbocycles. The summed E-state index contributed by atoms with van der Waals surface area (Å²) in [5.41, 5.74) is 1.58. The molecule has 0 fully saturated rings. The molecule has 0 aliphatic carbocycles. The van der Waals surface area contributed by atoms with Crippen LogP contribution in [0.15, 0.2) is 66.7 Å². The summed E-state index contributed by atoms with van der Waals surface area (Å²) in [6.07, 6.45) is 0. The van der Waals surface area contributed by atoms with Crippen molar-refractivity contribution in [3.63, 3.8) is 0 Å². The van der Waals surface area contributed by atoms with Crippen LogP contribution in [0.25, 0.3) is 10.8 Å². The average Bonchev–Trinajstić information content (AvgIpc) is 2.55. The summed E-state index contributed by atoms with van der Waals surface area (Å²) in [6.45, 7) is 0. The van der Waals surface area contributed by atoms with Gasteiger partial charge in [0.2, 0.25) is 0 Å². The molecule has 0 spiro atoms. The maximum Gasteiger partial charge on any atom is 0.343 e. The van der Waals surface area contributed by atoms with Gasteiger partial charge in [-0.3, -0.25) is 0 Å². The van der Waals surface area contributed by atoms with Crippen molar-refractivity contribution in [2.75, 3.05) is 19.0 Å². The fourth-order valence-corrected chi connectivity index (χ4v) is 2.34. The van der Waals surface area contributed by atoms with E-state index in [1.807, 2.05) is 73.6 Å². The van der Waals surface area contributed by atoms with Crippen LogP contribution in [0.4, 0.5) is 5.69 Å². The summed E-state index contributed by atoms with van der Waals surface area (Å²) in [5, 5.41) is 1.99.